The molecule has 0 bridgehead atoms. The number of allylic oxidation sites excluding steroid dienone is 1. The normalized spacial score (nSPS) is 34.2. The number of carbonyl (C=O) groups is 2. The van der Waals surface area contributed by atoms with E-state index in [-0.39, 0.29) is 11.7 Å². The van der Waals surface area contributed by atoms with Crippen molar-refractivity contribution in [3.8, 4) is 0 Å². The first-order valence-electron chi connectivity index (χ1n) is 3.66. The molecule has 2 rings (SSSR count). The van der Waals surface area contributed by atoms with Crippen molar-refractivity contribution < 1.29 is 14.7 Å². The third-order valence-electron chi connectivity index (χ3n) is 2.50. The Morgan fingerprint density at radius 1 is 1.64 bits per heavy atom. The third kappa shape index (κ3) is 0.737. The van der Waals surface area contributed by atoms with Crippen LogP contribution in [0.15, 0.2) is 11.6 Å². The number of carboxylic acid groups (broad SMARTS) is 1. The standard InChI is InChI=1S/C8H8O3/c9-6-3-4-1-2-5(7(4)6)8(10)11/h2,4,7H,1,3H2,(H,10,11)/t4-,7+/m0/s1. The maximum atomic E-state index is 10.9. The predicted molar refractivity (Wildman–Crippen MR) is 36.9 cm³/mol. The molecular weight excluding hydrogens is 144 g/mol. The molecule has 11 heavy (non-hydrogen) atoms. The molecule has 1 saturated carbocycles. The van der Waals surface area contributed by atoms with Crippen molar-refractivity contribution in [3.63, 3.8) is 0 Å². The zero-order chi connectivity index (χ0) is 8.01. The van der Waals surface area contributed by atoms with Crippen molar-refractivity contribution in [1.29, 1.82) is 0 Å². The summed E-state index contributed by atoms with van der Waals surface area (Å²) in [6.07, 6.45) is 3.04. The van der Waals surface area contributed by atoms with Gasteiger partial charge in [0.25, 0.3) is 0 Å². The first-order chi connectivity index (χ1) is 5.20. The molecule has 3 heteroatoms. The number of aliphatic carboxylic acids is 1. The average molecular weight is 152 g/mol. The molecule has 0 spiro atoms. The lowest BCUT2D eigenvalue weighted by molar-refractivity contribution is -0.138. The molecule has 0 aromatic heterocycles. The molecule has 0 unspecified atom stereocenters. The molecule has 0 heterocycles. The molecule has 0 aliphatic heterocycles. The number of ketones is 1. The number of hydrogen-bond donors (Lipinski definition) is 1. The highest BCUT2D eigenvalue weighted by atomic mass is 16.4. The Labute approximate surface area is 63.7 Å². The molecule has 58 valence electrons. The maximum Gasteiger partial charge on any atom is 0.331 e. The van der Waals surface area contributed by atoms with E-state index in [0.29, 0.717) is 17.9 Å². The van der Waals surface area contributed by atoms with E-state index in [9.17, 15) is 9.59 Å². The Hall–Kier alpha value is -1.12. The molecule has 2 aliphatic carbocycles. The summed E-state index contributed by atoms with van der Waals surface area (Å²) < 4.78 is 0. The highest BCUT2D eigenvalue weighted by Crippen LogP contribution is 2.44. The van der Waals surface area contributed by atoms with Crippen LogP contribution in [-0.2, 0) is 9.59 Å². The molecule has 2 atom stereocenters. The smallest absolute Gasteiger partial charge is 0.331 e. The van der Waals surface area contributed by atoms with E-state index in [0.717, 1.165) is 6.42 Å². The first kappa shape index (κ1) is 6.58. The summed E-state index contributed by atoms with van der Waals surface area (Å²) in [7, 11) is 0. The van der Waals surface area contributed by atoms with Gasteiger partial charge in [0.05, 0.1) is 5.92 Å². The van der Waals surface area contributed by atoms with Gasteiger partial charge in [-0.25, -0.2) is 4.79 Å². The highest BCUT2D eigenvalue weighted by Gasteiger charge is 2.46. The van der Waals surface area contributed by atoms with Crippen molar-refractivity contribution in [3.05, 3.63) is 11.6 Å². The minimum absolute atomic E-state index is 0.0983. The van der Waals surface area contributed by atoms with Gasteiger partial charge in [-0.05, 0) is 12.3 Å². The topological polar surface area (TPSA) is 54.4 Å². The number of rotatable bonds is 1. The van der Waals surface area contributed by atoms with Gasteiger partial charge in [-0.3, -0.25) is 4.79 Å². The van der Waals surface area contributed by atoms with E-state index in [1.54, 1.807) is 6.08 Å². The van der Waals surface area contributed by atoms with Gasteiger partial charge in [0.2, 0.25) is 0 Å². The van der Waals surface area contributed by atoms with Crippen LogP contribution >= 0.6 is 0 Å². The average Bonchev–Trinajstić information content (AvgIpc) is 2.25. The van der Waals surface area contributed by atoms with Crippen molar-refractivity contribution >= 4 is 11.8 Å². The van der Waals surface area contributed by atoms with E-state index in [4.69, 9.17) is 5.11 Å². The van der Waals surface area contributed by atoms with E-state index in [2.05, 4.69) is 0 Å². The van der Waals surface area contributed by atoms with Gasteiger partial charge >= 0.3 is 5.97 Å². The second-order valence-electron chi connectivity index (χ2n) is 3.11. The largest absolute Gasteiger partial charge is 0.478 e. The summed E-state index contributed by atoms with van der Waals surface area (Å²) in [6.45, 7) is 0. The van der Waals surface area contributed by atoms with Gasteiger partial charge in [0, 0.05) is 12.0 Å². The molecule has 0 saturated heterocycles. The Morgan fingerprint density at radius 3 is 2.82 bits per heavy atom. The first-order valence-corrected chi connectivity index (χ1v) is 3.66. The van der Waals surface area contributed by atoms with E-state index >= 15 is 0 Å². The van der Waals surface area contributed by atoms with Gasteiger partial charge in [-0.15, -0.1) is 0 Å². The Bertz CT molecular complexity index is 265. The fourth-order valence-corrected chi connectivity index (χ4v) is 1.88. The lowest BCUT2D eigenvalue weighted by atomic mass is 9.72. The third-order valence-corrected chi connectivity index (χ3v) is 2.50. The van der Waals surface area contributed by atoms with E-state index < -0.39 is 5.97 Å². The predicted octanol–water partition coefficient (Wildman–Crippen LogP) is 0.606. The van der Waals surface area contributed by atoms with Gasteiger partial charge < -0.3 is 5.11 Å². The van der Waals surface area contributed by atoms with Crippen LogP contribution in [0.3, 0.4) is 0 Å². The summed E-state index contributed by atoms with van der Waals surface area (Å²) >= 11 is 0. The van der Waals surface area contributed by atoms with Gasteiger partial charge in [-0.2, -0.15) is 0 Å². The summed E-state index contributed by atoms with van der Waals surface area (Å²) in [5.41, 5.74) is 0.325. The zero-order valence-corrected chi connectivity index (χ0v) is 5.91. The molecule has 1 fully saturated rings. The van der Waals surface area contributed by atoms with Crippen LogP contribution in [0.1, 0.15) is 12.8 Å². The van der Waals surface area contributed by atoms with Gasteiger partial charge in [-0.1, -0.05) is 6.08 Å². The second-order valence-corrected chi connectivity index (χ2v) is 3.11. The van der Waals surface area contributed by atoms with Crippen LogP contribution in [0.2, 0.25) is 0 Å². The number of carboxylic acids is 1. The Morgan fingerprint density at radius 2 is 2.36 bits per heavy atom. The molecular formula is C8H8O3. The lowest BCUT2D eigenvalue weighted by Crippen LogP contribution is -2.36. The Balaban J connectivity index is 2.24. The summed E-state index contributed by atoms with van der Waals surface area (Å²) in [5, 5.41) is 8.63. The number of carbonyl (C=O) groups excluding carboxylic acids is 1. The van der Waals surface area contributed by atoms with Crippen molar-refractivity contribution in [1.82, 2.24) is 0 Å². The number of fused-ring (bicyclic) bond motifs is 1. The molecule has 1 N–H and O–H groups in total. The fourth-order valence-electron chi connectivity index (χ4n) is 1.88. The van der Waals surface area contributed by atoms with Crippen LogP contribution < -0.4 is 0 Å². The highest BCUT2D eigenvalue weighted by molar-refractivity contribution is 6.01. The summed E-state index contributed by atoms with van der Waals surface area (Å²) in [6, 6.07) is 0. The quantitative estimate of drug-likeness (QED) is 0.598. The minimum Gasteiger partial charge on any atom is -0.478 e. The fraction of sp³-hybridized carbons (Fsp3) is 0.500. The van der Waals surface area contributed by atoms with Gasteiger partial charge in [0.15, 0.2) is 0 Å². The SMILES string of the molecule is O=C(O)C1=CC[C@H]2CC(=O)[C@@H]12. The minimum atomic E-state index is -0.925. The van der Waals surface area contributed by atoms with Crippen LogP contribution in [-0.4, -0.2) is 16.9 Å². The molecule has 2 aliphatic rings. The summed E-state index contributed by atoms with van der Waals surface area (Å²) in [4.78, 5) is 21.4. The lowest BCUT2D eigenvalue weighted by Gasteiger charge is -2.29. The van der Waals surface area contributed by atoms with Crippen LogP contribution in [0.4, 0.5) is 0 Å². The molecule has 0 radical (unpaired) electrons. The Kier molecular flexibility index (Phi) is 1.16. The van der Waals surface area contributed by atoms with E-state index in [1.807, 2.05) is 0 Å². The maximum absolute atomic E-state index is 10.9. The number of Topliss-reactive ketones (excluding diaryl/α,β-unsaturated/α-hetero) is 1. The molecule has 0 amide bonds. The van der Waals surface area contributed by atoms with Crippen molar-refractivity contribution in [2.75, 3.05) is 0 Å². The second kappa shape index (κ2) is 1.94. The summed E-state index contributed by atoms with van der Waals surface area (Å²) in [5.74, 6) is -0.771. The van der Waals surface area contributed by atoms with Crippen LogP contribution in [0, 0.1) is 11.8 Å². The monoisotopic (exact) mass is 152 g/mol. The van der Waals surface area contributed by atoms with Crippen LogP contribution in [0.5, 0.6) is 0 Å². The van der Waals surface area contributed by atoms with Gasteiger partial charge in [0.1, 0.15) is 5.78 Å². The molecule has 0 aromatic rings. The van der Waals surface area contributed by atoms with Crippen molar-refractivity contribution in [2.24, 2.45) is 11.8 Å². The zero-order valence-electron chi connectivity index (χ0n) is 5.91. The van der Waals surface area contributed by atoms with Crippen molar-refractivity contribution in [2.45, 2.75) is 12.8 Å². The van der Waals surface area contributed by atoms with Crippen LogP contribution in [0.25, 0.3) is 0 Å². The molecule has 0 aromatic carbocycles. The van der Waals surface area contributed by atoms with E-state index in [1.165, 1.54) is 0 Å². The molecule has 3 nitrogen and oxygen atoms in total. The number of hydrogen-bond acceptors (Lipinski definition) is 2.